The molecule has 3 N–H and O–H groups in total. The number of methoxy groups -OCH3 is 2. The van der Waals surface area contributed by atoms with Crippen LogP contribution in [-0.4, -0.2) is 44.2 Å². The highest BCUT2D eigenvalue weighted by Crippen LogP contribution is 2.24. The summed E-state index contributed by atoms with van der Waals surface area (Å²) in [6.45, 7) is 2.79. The smallest absolute Gasteiger partial charge is 0.254 e. The third kappa shape index (κ3) is 6.04. The maximum Gasteiger partial charge on any atom is 0.254 e. The molecule has 2 heterocycles. The van der Waals surface area contributed by atoms with Crippen molar-refractivity contribution in [2.24, 2.45) is 5.73 Å². The minimum Gasteiger partial charge on any atom is -0.497 e. The van der Waals surface area contributed by atoms with Gasteiger partial charge in [0.05, 0.1) is 26.3 Å². The van der Waals surface area contributed by atoms with Crippen molar-refractivity contribution in [1.29, 1.82) is 0 Å². The van der Waals surface area contributed by atoms with Gasteiger partial charge in [-0.2, -0.15) is 0 Å². The third-order valence-corrected chi connectivity index (χ3v) is 4.54. The Morgan fingerprint density at radius 2 is 1.89 bits per heavy atom. The standard InChI is InChI=1S/C19H25N3O4.2ClH/c1-24-16-5-13(6-17(8-16)25-2)10-22-4-3-15(11-22)21-19(23)14-7-18(9-20)26-12-14;;/h5-8,12,15H,3-4,9-11,20H2,1-2H3,(H,21,23);2*1H. The number of nitrogens with two attached hydrogens (primary N) is 1. The fourth-order valence-corrected chi connectivity index (χ4v) is 3.19. The number of carbonyl (C=O) groups is 1. The minimum absolute atomic E-state index is 0. The van der Waals surface area contributed by atoms with Gasteiger partial charge in [-0.15, -0.1) is 24.8 Å². The number of hydrogen-bond acceptors (Lipinski definition) is 6. The number of nitrogens with one attached hydrogen (secondary N) is 1. The molecular weight excluding hydrogens is 405 g/mol. The van der Waals surface area contributed by atoms with E-state index in [1.54, 1.807) is 20.3 Å². The van der Waals surface area contributed by atoms with Crippen LogP contribution < -0.4 is 20.5 Å². The number of nitrogens with zero attached hydrogens (tertiary/aromatic N) is 1. The summed E-state index contributed by atoms with van der Waals surface area (Å²) in [4.78, 5) is 14.6. The van der Waals surface area contributed by atoms with Crippen molar-refractivity contribution in [3.8, 4) is 11.5 Å². The fraction of sp³-hybridized carbons (Fsp3) is 0.421. The predicted octanol–water partition coefficient (Wildman–Crippen LogP) is 2.60. The summed E-state index contributed by atoms with van der Waals surface area (Å²) in [5, 5.41) is 3.06. The van der Waals surface area contributed by atoms with E-state index >= 15 is 0 Å². The molecule has 9 heteroatoms. The van der Waals surface area contributed by atoms with E-state index < -0.39 is 0 Å². The molecule has 3 rings (SSSR count). The molecule has 0 saturated carbocycles. The van der Waals surface area contributed by atoms with Crippen molar-refractivity contribution in [2.45, 2.75) is 25.6 Å². The van der Waals surface area contributed by atoms with Crippen LogP contribution in [-0.2, 0) is 13.1 Å². The molecule has 1 aliphatic rings. The van der Waals surface area contributed by atoms with Crippen molar-refractivity contribution in [3.05, 3.63) is 47.4 Å². The van der Waals surface area contributed by atoms with Gasteiger partial charge >= 0.3 is 0 Å². The lowest BCUT2D eigenvalue weighted by Gasteiger charge is -2.17. The van der Waals surface area contributed by atoms with E-state index in [4.69, 9.17) is 19.6 Å². The lowest BCUT2D eigenvalue weighted by atomic mass is 10.2. The molecule has 1 amide bonds. The second kappa shape index (κ2) is 11.2. The predicted molar refractivity (Wildman–Crippen MR) is 112 cm³/mol. The van der Waals surface area contributed by atoms with E-state index in [0.717, 1.165) is 43.1 Å². The van der Waals surface area contributed by atoms with Gasteiger partial charge in [-0.05, 0) is 30.2 Å². The topological polar surface area (TPSA) is 90.0 Å². The molecule has 1 aliphatic heterocycles. The average molecular weight is 432 g/mol. The summed E-state index contributed by atoms with van der Waals surface area (Å²) in [5.41, 5.74) is 7.15. The summed E-state index contributed by atoms with van der Waals surface area (Å²) >= 11 is 0. The Kier molecular flexibility index (Phi) is 9.61. The largest absolute Gasteiger partial charge is 0.497 e. The highest BCUT2D eigenvalue weighted by Gasteiger charge is 2.25. The van der Waals surface area contributed by atoms with Crippen molar-refractivity contribution >= 4 is 30.7 Å². The highest BCUT2D eigenvalue weighted by molar-refractivity contribution is 5.94. The van der Waals surface area contributed by atoms with E-state index in [9.17, 15) is 4.79 Å². The molecule has 156 valence electrons. The molecule has 28 heavy (non-hydrogen) atoms. The van der Waals surface area contributed by atoms with Gasteiger partial charge in [0, 0.05) is 31.7 Å². The Labute approximate surface area is 177 Å². The van der Waals surface area contributed by atoms with Crippen molar-refractivity contribution < 1.29 is 18.7 Å². The van der Waals surface area contributed by atoms with Crippen LogP contribution in [0.3, 0.4) is 0 Å². The fourth-order valence-electron chi connectivity index (χ4n) is 3.19. The molecule has 1 unspecified atom stereocenters. The zero-order valence-corrected chi connectivity index (χ0v) is 17.6. The SMILES string of the molecule is COc1cc(CN2CCC(NC(=O)c3coc(CN)c3)C2)cc(OC)c1.Cl.Cl. The number of likely N-dealkylation sites (tertiary alicyclic amines) is 1. The van der Waals surface area contributed by atoms with Gasteiger partial charge in [0.2, 0.25) is 0 Å². The third-order valence-electron chi connectivity index (χ3n) is 4.54. The number of benzene rings is 1. The molecule has 0 bridgehead atoms. The van der Waals surface area contributed by atoms with Crippen molar-refractivity contribution in [3.63, 3.8) is 0 Å². The number of furan rings is 1. The number of amides is 1. The van der Waals surface area contributed by atoms with Crippen LogP contribution in [0.25, 0.3) is 0 Å². The zero-order valence-electron chi connectivity index (χ0n) is 16.0. The van der Waals surface area contributed by atoms with E-state index in [1.807, 2.05) is 18.2 Å². The molecule has 1 atom stereocenters. The van der Waals surface area contributed by atoms with E-state index in [0.29, 0.717) is 11.3 Å². The van der Waals surface area contributed by atoms with E-state index in [-0.39, 0.29) is 43.3 Å². The molecular formula is C19H27Cl2N3O4. The lowest BCUT2D eigenvalue weighted by Crippen LogP contribution is -2.36. The summed E-state index contributed by atoms with van der Waals surface area (Å²) < 4.78 is 15.9. The second-order valence-corrected chi connectivity index (χ2v) is 6.42. The summed E-state index contributed by atoms with van der Waals surface area (Å²) in [6.07, 6.45) is 2.36. The first-order valence-corrected chi connectivity index (χ1v) is 8.64. The van der Waals surface area contributed by atoms with Gasteiger partial charge in [-0.3, -0.25) is 9.69 Å². The molecule has 0 spiro atoms. The van der Waals surface area contributed by atoms with Gasteiger partial charge in [-0.25, -0.2) is 0 Å². The number of ether oxygens (including phenoxy) is 2. The second-order valence-electron chi connectivity index (χ2n) is 6.42. The Morgan fingerprint density at radius 1 is 1.21 bits per heavy atom. The maximum atomic E-state index is 12.3. The average Bonchev–Trinajstić information content (AvgIpc) is 3.30. The molecule has 0 aliphatic carbocycles. The molecule has 1 aromatic heterocycles. The minimum atomic E-state index is -0.122. The van der Waals surface area contributed by atoms with Gasteiger partial charge in [0.25, 0.3) is 5.91 Å². The summed E-state index contributed by atoms with van der Waals surface area (Å²) in [6, 6.07) is 7.68. The first kappa shape index (κ1) is 24.1. The van der Waals surface area contributed by atoms with Crippen LogP contribution in [0.15, 0.2) is 34.9 Å². The Bertz CT molecular complexity index is 747. The van der Waals surface area contributed by atoms with Crippen LogP contribution in [0.1, 0.15) is 28.1 Å². The van der Waals surface area contributed by atoms with Gasteiger partial charge in [0.1, 0.15) is 23.5 Å². The number of halogens is 2. The first-order chi connectivity index (χ1) is 12.6. The molecule has 1 fully saturated rings. The number of hydrogen-bond donors (Lipinski definition) is 2. The Morgan fingerprint density at radius 3 is 2.46 bits per heavy atom. The molecule has 1 saturated heterocycles. The van der Waals surface area contributed by atoms with Crippen LogP contribution >= 0.6 is 24.8 Å². The van der Waals surface area contributed by atoms with Crippen LogP contribution in [0, 0.1) is 0 Å². The van der Waals surface area contributed by atoms with E-state index in [1.165, 1.54) is 6.26 Å². The summed E-state index contributed by atoms with van der Waals surface area (Å²) in [5.74, 6) is 2.04. The van der Waals surface area contributed by atoms with E-state index in [2.05, 4.69) is 10.2 Å². The van der Waals surface area contributed by atoms with Crippen molar-refractivity contribution in [2.75, 3.05) is 27.3 Å². The van der Waals surface area contributed by atoms with Crippen molar-refractivity contribution in [1.82, 2.24) is 10.2 Å². The molecule has 0 radical (unpaired) electrons. The Balaban J connectivity index is 0.00000196. The van der Waals surface area contributed by atoms with Crippen LogP contribution in [0.2, 0.25) is 0 Å². The van der Waals surface area contributed by atoms with Crippen LogP contribution in [0.4, 0.5) is 0 Å². The van der Waals surface area contributed by atoms with Crippen LogP contribution in [0.5, 0.6) is 11.5 Å². The number of carbonyl (C=O) groups excluding carboxylic acids is 1. The quantitative estimate of drug-likeness (QED) is 0.699. The maximum absolute atomic E-state index is 12.3. The monoisotopic (exact) mass is 431 g/mol. The molecule has 7 nitrogen and oxygen atoms in total. The summed E-state index contributed by atoms with van der Waals surface area (Å²) in [7, 11) is 3.29. The normalized spacial score (nSPS) is 16.0. The molecule has 2 aromatic rings. The first-order valence-electron chi connectivity index (χ1n) is 8.64. The lowest BCUT2D eigenvalue weighted by molar-refractivity contribution is 0.0937. The highest BCUT2D eigenvalue weighted by atomic mass is 35.5. The van der Waals surface area contributed by atoms with Gasteiger partial charge < -0.3 is 24.9 Å². The molecule has 1 aromatic carbocycles. The van der Waals surface area contributed by atoms with Gasteiger partial charge in [-0.1, -0.05) is 0 Å². The Hall–Kier alpha value is -1.93. The number of rotatable bonds is 7. The zero-order chi connectivity index (χ0) is 18.5. The van der Waals surface area contributed by atoms with Gasteiger partial charge in [0.15, 0.2) is 0 Å².